The lowest BCUT2D eigenvalue weighted by atomic mass is 10.1. The van der Waals surface area contributed by atoms with E-state index in [-0.39, 0.29) is 18.0 Å². The Morgan fingerprint density at radius 2 is 1.50 bits per heavy atom. The fraction of sp³-hybridized carbons (Fsp3) is 0.478. The fourth-order valence-electron chi connectivity index (χ4n) is 4.31. The van der Waals surface area contributed by atoms with Gasteiger partial charge in [0.25, 0.3) is 0 Å². The highest BCUT2D eigenvalue weighted by molar-refractivity contribution is 5.78. The van der Waals surface area contributed by atoms with Crippen molar-refractivity contribution in [3.05, 3.63) is 59.9 Å². The van der Waals surface area contributed by atoms with Gasteiger partial charge in [0.15, 0.2) is 0 Å². The van der Waals surface area contributed by atoms with Crippen LogP contribution in [0.3, 0.4) is 0 Å². The Morgan fingerprint density at radius 3 is 2.16 bits per heavy atom. The molecular formula is C23H28F3N5O. The Bertz CT molecular complexity index is 892. The lowest BCUT2D eigenvalue weighted by molar-refractivity contribution is -0.142. The number of aromatic nitrogens is 1. The molecule has 172 valence electrons. The first kappa shape index (κ1) is 22.5. The van der Waals surface area contributed by atoms with Crippen molar-refractivity contribution in [2.75, 3.05) is 63.8 Å². The molecule has 2 fully saturated rings. The van der Waals surface area contributed by atoms with E-state index in [2.05, 4.69) is 26.9 Å². The number of hydrogen-bond acceptors (Lipinski definition) is 5. The zero-order valence-electron chi connectivity index (χ0n) is 18.0. The van der Waals surface area contributed by atoms with Gasteiger partial charge >= 0.3 is 6.18 Å². The van der Waals surface area contributed by atoms with Gasteiger partial charge in [-0.25, -0.2) is 0 Å². The van der Waals surface area contributed by atoms with Crippen LogP contribution in [0.15, 0.2) is 48.7 Å². The number of halogens is 3. The van der Waals surface area contributed by atoms with Crippen LogP contribution in [0.4, 0.5) is 18.9 Å². The van der Waals surface area contributed by atoms with Crippen LogP contribution >= 0.6 is 0 Å². The Balaban J connectivity index is 1.22. The van der Waals surface area contributed by atoms with Crippen LogP contribution in [-0.4, -0.2) is 84.5 Å². The van der Waals surface area contributed by atoms with Gasteiger partial charge in [-0.2, -0.15) is 13.2 Å². The second-order valence-electron chi connectivity index (χ2n) is 8.26. The standard InChI is InChI=1S/C23H28F3N5O/c24-23(25,26)22-19(5-4-8-27-22)17-28-9-11-29(12-10-28)18-21(32)31-15-13-30(14-16-31)20-6-2-1-3-7-20/h1-8H,9-18H2. The van der Waals surface area contributed by atoms with Crippen molar-refractivity contribution in [3.63, 3.8) is 0 Å². The summed E-state index contributed by atoms with van der Waals surface area (Å²) < 4.78 is 39.5. The molecule has 1 amide bonds. The third kappa shape index (κ3) is 5.58. The minimum Gasteiger partial charge on any atom is -0.368 e. The second kappa shape index (κ2) is 9.87. The second-order valence-corrected chi connectivity index (χ2v) is 8.26. The minimum absolute atomic E-state index is 0.123. The molecule has 0 N–H and O–H groups in total. The zero-order valence-corrected chi connectivity index (χ0v) is 18.0. The molecule has 2 aliphatic heterocycles. The molecular weight excluding hydrogens is 419 g/mol. The summed E-state index contributed by atoms with van der Waals surface area (Å²) in [6, 6.07) is 13.2. The number of anilines is 1. The number of piperazine rings is 2. The maximum Gasteiger partial charge on any atom is 0.433 e. The summed E-state index contributed by atoms with van der Waals surface area (Å²) in [5.74, 6) is 0.123. The largest absolute Gasteiger partial charge is 0.433 e. The molecule has 2 saturated heterocycles. The van der Waals surface area contributed by atoms with Crippen molar-refractivity contribution >= 4 is 11.6 Å². The maximum absolute atomic E-state index is 13.2. The summed E-state index contributed by atoms with van der Waals surface area (Å²) in [6.45, 7) is 6.19. The predicted molar refractivity (Wildman–Crippen MR) is 116 cm³/mol. The summed E-state index contributed by atoms with van der Waals surface area (Å²) in [7, 11) is 0. The Morgan fingerprint density at radius 1 is 0.844 bits per heavy atom. The van der Waals surface area contributed by atoms with Gasteiger partial charge < -0.3 is 9.80 Å². The van der Waals surface area contributed by atoms with Crippen molar-refractivity contribution in [2.24, 2.45) is 0 Å². The maximum atomic E-state index is 13.2. The number of amides is 1. The monoisotopic (exact) mass is 447 g/mol. The Hall–Kier alpha value is -2.65. The van der Waals surface area contributed by atoms with Gasteiger partial charge in [-0.05, 0) is 23.8 Å². The third-order valence-electron chi connectivity index (χ3n) is 6.13. The highest BCUT2D eigenvalue weighted by atomic mass is 19.4. The summed E-state index contributed by atoms with van der Waals surface area (Å²) in [5, 5.41) is 0. The van der Waals surface area contributed by atoms with Gasteiger partial charge in [0.2, 0.25) is 5.91 Å². The molecule has 0 unspecified atom stereocenters. The van der Waals surface area contributed by atoms with E-state index >= 15 is 0 Å². The number of rotatable bonds is 5. The number of alkyl halides is 3. The number of hydrogen-bond donors (Lipinski definition) is 0. The van der Waals surface area contributed by atoms with Crippen molar-refractivity contribution in [1.29, 1.82) is 0 Å². The van der Waals surface area contributed by atoms with Crippen LogP contribution in [-0.2, 0) is 17.5 Å². The van der Waals surface area contributed by atoms with Crippen molar-refractivity contribution in [3.8, 4) is 0 Å². The van der Waals surface area contributed by atoms with Gasteiger partial charge in [0.05, 0.1) is 6.54 Å². The minimum atomic E-state index is -4.45. The summed E-state index contributed by atoms with van der Waals surface area (Å²) >= 11 is 0. The van der Waals surface area contributed by atoms with Gasteiger partial charge in [-0.3, -0.25) is 19.6 Å². The molecule has 1 aromatic heterocycles. The first-order chi connectivity index (χ1) is 15.4. The molecule has 6 nitrogen and oxygen atoms in total. The average molecular weight is 448 g/mol. The third-order valence-corrected chi connectivity index (χ3v) is 6.13. The van der Waals surface area contributed by atoms with Crippen LogP contribution in [0.25, 0.3) is 0 Å². The molecule has 0 bridgehead atoms. The van der Waals surface area contributed by atoms with Crippen LogP contribution in [0.1, 0.15) is 11.3 Å². The topological polar surface area (TPSA) is 42.9 Å². The molecule has 4 rings (SSSR count). The van der Waals surface area contributed by atoms with Crippen LogP contribution in [0.2, 0.25) is 0 Å². The molecule has 0 spiro atoms. The molecule has 1 aromatic carbocycles. The molecule has 0 radical (unpaired) electrons. The quantitative estimate of drug-likeness (QED) is 0.705. The van der Waals surface area contributed by atoms with E-state index in [9.17, 15) is 18.0 Å². The summed E-state index contributed by atoms with van der Waals surface area (Å²) in [4.78, 5) is 24.6. The van der Waals surface area contributed by atoms with Crippen LogP contribution < -0.4 is 4.90 Å². The van der Waals surface area contributed by atoms with E-state index in [0.717, 1.165) is 13.1 Å². The lowest BCUT2D eigenvalue weighted by Gasteiger charge is -2.38. The Labute approximate surface area is 186 Å². The number of benzene rings is 1. The van der Waals surface area contributed by atoms with E-state index in [0.29, 0.717) is 45.8 Å². The average Bonchev–Trinajstić information content (AvgIpc) is 2.81. The van der Waals surface area contributed by atoms with Crippen molar-refractivity contribution < 1.29 is 18.0 Å². The van der Waals surface area contributed by atoms with E-state index in [1.54, 1.807) is 0 Å². The highest BCUT2D eigenvalue weighted by Crippen LogP contribution is 2.30. The molecule has 0 aliphatic carbocycles. The van der Waals surface area contributed by atoms with E-state index < -0.39 is 11.9 Å². The first-order valence-corrected chi connectivity index (χ1v) is 10.9. The summed E-state index contributed by atoms with van der Waals surface area (Å²) in [5.41, 5.74) is 0.561. The fourth-order valence-corrected chi connectivity index (χ4v) is 4.31. The van der Waals surface area contributed by atoms with Crippen LogP contribution in [0, 0.1) is 0 Å². The number of pyridine rings is 1. The smallest absolute Gasteiger partial charge is 0.368 e. The van der Waals surface area contributed by atoms with E-state index in [4.69, 9.17) is 0 Å². The molecule has 9 heteroatoms. The molecule has 32 heavy (non-hydrogen) atoms. The lowest BCUT2D eigenvalue weighted by Crippen LogP contribution is -2.53. The first-order valence-electron chi connectivity index (χ1n) is 10.9. The normalized spacial score (nSPS) is 18.7. The van der Waals surface area contributed by atoms with Gasteiger partial charge in [0.1, 0.15) is 5.69 Å². The van der Waals surface area contributed by atoms with Crippen molar-refractivity contribution in [2.45, 2.75) is 12.7 Å². The van der Waals surface area contributed by atoms with Gasteiger partial charge in [-0.15, -0.1) is 0 Å². The predicted octanol–water partition coefficient (Wildman–Crippen LogP) is 2.57. The number of nitrogens with zero attached hydrogens (tertiary/aromatic N) is 5. The number of carbonyl (C=O) groups excluding carboxylic acids is 1. The van der Waals surface area contributed by atoms with Gasteiger partial charge in [0, 0.05) is 70.8 Å². The number of para-hydroxylation sites is 1. The highest BCUT2D eigenvalue weighted by Gasteiger charge is 2.35. The summed E-state index contributed by atoms with van der Waals surface area (Å²) in [6.07, 6.45) is -3.27. The van der Waals surface area contributed by atoms with Crippen molar-refractivity contribution in [1.82, 2.24) is 19.7 Å². The number of carbonyl (C=O) groups is 1. The molecule has 0 atom stereocenters. The zero-order chi connectivity index (χ0) is 22.6. The Kier molecular flexibility index (Phi) is 6.95. The molecule has 3 heterocycles. The van der Waals surface area contributed by atoms with E-state index in [1.807, 2.05) is 28.0 Å². The van der Waals surface area contributed by atoms with Gasteiger partial charge in [-0.1, -0.05) is 24.3 Å². The SMILES string of the molecule is O=C(CN1CCN(Cc2cccnc2C(F)(F)F)CC1)N1CCN(c2ccccc2)CC1. The van der Waals surface area contributed by atoms with E-state index in [1.165, 1.54) is 24.0 Å². The molecule has 2 aliphatic rings. The molecule has 2 aromatic rings. The molecule has 0 saturated carbocycles. The van der Waals surface area contributed by atoms with Crippen LogP contribution in [0.5, 0.6) is 0 Å².